The van der Waals surface area contributed by atoms with Gasteiger partial charge in [0.15, 0.2) is 17.4 Å². The highest BCUT2D eigenvalue weighted by Crippen LogP contribution is 2.38. The molecule has 5 rings (SSSR count). The molecule has 2 aromatic rings. The number of hydrogen-bond donors (Lipinski definition) is 0. The van der Waals surface area contributed by atoms with E-state index in [0.717, 1.165) is 12.1 Å². The SMILES string of the molecule is CCS(=O)(=O)N1CCN(C(=O)c2cnc3cc(F)c(F)cc3c2N2CCC3(CC2)OCCO3)CC1. The summed E-state index contributed by atoms with van der Waals surface area (Å²) in [6, 6.07) is 2.12. The number of carbonyl (C=O) groups is 1. The largest absolute Gasteiger partial charge is 0.370 e. The Morgan fingerprint density at radius 2 is 1.66 bits per heavy atom. The zero-order chi connectivity index (χ0) is 24.8. The van der Waals surface area contributed by atoms with Crippen LogP contribution in [0.1, 0.15) is 30.1 Å². The third-order valence-electron chi connectivity index (χ3n) is 7.05. The van der Waals surface area contributed by atoms with Crippen LogP contribution in [0.25, 0.3) is 10.9 Å². The van der Waals surface area contributed by atoms with E-state index in [0.29, 0.717) is 50.2 Å². The van der Waals surface area contributed by atoms with E-state index in [2.05, 4.69) is 4.98 Å². The Morgan fingerprint density at radius 1 is 1.03 bits per heavy atom. The van der Waals surface area contributed by atoms with Crippen molar-refractivity contribution in [1.29, 1.82) is 0 Å². The van der Waals surface area contributed by atoms with Gasteiger partial charge in [-0.05, 0) is 13.0 Å². The highest BCUT2D eigenvalue weighted by molar-refractivity contribution is 7.89. The van der Waals surface area contributed by atoms with Crippen LogP contribution in [-0.4, -0.2) is 92.5 Å². The van der Waals surface area contributed by atoms with E-state index in [4.69, 9.17) is 9.47 Å². The Bertz CT molecular complexity index is 1230. The summed E-state index contributed by atoms with van der Waals surface area (Å²) in [4.78, 5) is 21.4. The number of benzene rings is 1. The molecule has 0 atom stereocenters. The molecule has 0 radical (unpaired) electrons. The minimum Gasteiger partial charge on any atom is -0.370 e. The van der Waals surface area contributed by atoms with E-state index in [1.165, 1.54) is 10.5 Å². The Balaban J connectivity index is 1.47. The standard InChI is InChI=1S/C23H28F2N4O5S/c1-2-35(31,32)29-9-7-28(8-10-29)22(30)17-15-26-20-14-19(25)18(24)13-16(20)21(17)27-5-3-23(4-6-27)33-11-12-34-23/h13-15H,2-12H2,1H3. The Kier molecular flexibility index (Phi) is 6.41. The quantitative estimate of drug-likeness (QED) is 0.621. The zero-order valence-electron chi connectivity index (χ0n) is 19.5. The molecule has 190 valence electrons. The number of fused-ring (bicyclic) bond motifs is 1. The summed E-state index contributed by atoms with van der Waals surface area (Å²) >= 11 is 0. The number of hydrogen-bond acceptors (Lipinski definition) is 7. The summed E-state index contributed by atoms with van der Waals surface area (Å²) in [5, 5.41) is 0.353. The van der Waals surface area contributed by atoms with Gasteiger partial charge in [0.25, 0.3) is 5.91 Å². The van der Waals surface area contributed by atoms with E-state index in [9.17, 15) is 22.0 Å². The van der Waals surface area contributed by atoms with Crippen LogP contribution in [0.3, 0.4) is 0 Å². The number of amides is 1. The molecule has 35 heavy (non-hydrogen) atoms. The Labute approximate surface area is 202 Å². The molecular formula is C23H28F2N4O5S. The molecule has 1 aromatic carbocycles. The maximum Gasteiger partial charge on any atom is 0.257 e. The molecule has 3 saturated heterocycles. The summed E-state index contributed by atoms with van der Waals surface area (Å²) in [6.45, 7) is 4.54. The van der Waals surface area contributed by atoms with Crippen molar-refractivity contribution in [3.05, 3.63) is 35.5 Å². The summed E-state index contributed by atoms with van der Waals surface area (Å²) in [5.41, 5.74) is 1.03. The van der Waals surface area contributed by atoms with Crippen LogP contribution >= 0.6 is 0 Å². The molecule has 3 fully saturated rings. The lowest BCUT2D eigenvalue weighted by atomic mass is 9.99. The molecular weight excluding hydrogens is 482 g/mol. The van der Waals surface area contributed by atoms with Crippen molar-refractivity contribution in [2.45, 2.75) is 25.6 Å². The number of pyridine rings is 1. The van der Waals surface area contributed by atoms with Crippen LogP contribution in [0.2, 0.25) is 0 Å². The first kappa shape index (κ1) is 24.3. The monoisotopic (exact) mass is 510 g/mol. The maximum absolute atomic E-state index is 14.3. The number of piperidine rings is 1. The third kappa shape index (κ3) is 4.48. The highest BCUT2D eigenvalue weighted by Gasteiger charge is 2.41. The maximum atomic E-state index is 14.3. The van der Waals surface area contributed by atoms with Crippen molar-refractivity contribution in [3.8, 4) is 0 Å². The van der Waals surface area contributed by atoms with E-state index >= 15 is 0 Å². The molecule has 1 amide bonds. The zero-order valence-corrected chi connectivity index (χ0v) is 20.3. The van der Waals surface area contributed by atoms with E-state index < -0.39 is 27.4 Å². The molecule has 0 bridgehead atoms. The van der Waals surface area contributed by atoms with Gasteiger partial charge < -0.3 is 19.3 Å². The second kappa shape index (κ2) is 9.23. The van der Waals surface area contributed by atoms with Crippen molar-refractivity contribution < 1.29 is 31.5 Å². The van der Waals surface area contributed by atoms with Gasteiger partial charge in [0.1, 0.15) is 0 Å². The highest BCUT2D eigenvalue weighted by atomic mass is 32.2. The number of aromatic nitrogens is 1. The van der Waals surface area contributed by atoms with Crippen molar-refractivity contribution in [1.82, 2.24) is 14.2 Å². The van der Waals surface area contributed by atoms with Crippen LogP contribution in [0.15, 0.2) is 18.3 Å². The predicted molar refractivity (Wildman–Crippen MR) is 125 cm³/mol. The summed E-state index contributed by atoms with van der Waals surface area (Å²) in [5.74, 6) is -2.97. The minimum atomic E-state index is -3.34. The van der Waals surface area contributed by atoms with Gasteiger partial charge in [-0.15, -0.1) is 0 Å². The number of carbonyl (C=O) groups excluding carboxylic acids is 1. The second-order valence-electron chi connectivity index (χ2n) is 8.99. The lowest BCUT2D eigenvalue weighted by molar-refractivity contribution is -0.169. The number of piperazine rings is 1. The molecule has 0 N–H and O–H groups in total. The van der Waals surface area contributed by atoms with Crippen molar-refractivity contribution in [2.24, 2.45) is 0 Å². The average molecular weight is 511 g/mol. The Morgan fingerprint density at radius 3 is 2.29 bits per heavy atom. The molecule has 0 unspecified atom stereocenters. The summed E-state index contributed by atoms with van der Waals surface area (Å²) < 4.78 is 65.6. The fourth-order valence-corrected chi connectivity index (χ4v) is 6.13. The number of anilines is 1. The first-order valence-corrected chi connectivity index (χ1v) is 13.4. The van der Waals surface area contributed by atoms with Crippen LogP contribution in [0.5, 0.6) is 0 Å². The number of halogens is 2. The molecule has 3 aliphatic heterocycles. The van der Waals surface area contributed by atoms with E-state index in [-0.39, 0.29) is 48.9 Å². The van der Waals surface area contributed by atoms with Gasteiger partial charge in [-0.2, -0.15) is 4.31 Å². The van der Waals surface area contributed by atoms with Crippen molar-refractivity contribution in [2.75, 3.05) is 63.1 Å². The van der Waals surface area contributed by atoms with Gasteiger partial charge in [0.05, 0.1) is 35.7 Å². The van der Waals surface area contributed by atoms with Crippen LogP contribution in [0.4, 0.5) is 14.5 Å². The van der Waals surface area contributed by atoms with Gasteiger partial charge >= 0.3 is 0 Å². The topological polar surface area (TPSA) is 92.3 Å². The molecule has 12 heteroatoms. The van der Waals surface area contributed by atoms with E-state index in [1.54, 1.807) is 11.8 Å². The first-order chi connectivity index (χ1) is 16.7. The van der Waals surface area contributed by atoms with Crippen molar-refractivity contribution in [3.63, 3.8) is 0 Å². The minimum absolute atomic E-state index is 0.00565. The van der Waals surface area contributed by atoms with Crippen LogP contribution < -0.4 is 4.90 Å². The summed E-state index contributed by atoms with van der Waals surface area (Å²) in [7, 11) is -3.34. The molecule has 4 heterocycles. The Hall–Kier alpha value is -2.41. The normalized spacial score (nSPS) is 21.2. The van der Waals surface area contributed by atoms with E-state index in [1.807, 2.05) is 4.90 Å². The lowest BCUT2D eigenvalue weighted by Crippen LogP contribution is -2.51. The molecule has 0 aliphatic carbocycles. The predicted octanol–water partition coefficient (Wildman–Crippen LogP) is 1.96. The van der Waals surface area contributed by atoms with Gasteiger partial charge in [0, 0.05) is 69.8 Å². The number of ether oxygens (including phenoxy) is 2. The third-order valence-corrected chi connectivity index (χ3v) is 8.93. The smallest absolute Gasteiger partial charge is 0.257 e. The molecule has 3 aliphatic rings. The number of nitrogens with zero attached hydrogens (tertiary/aromatic N) is 4. The average Bonchev–Trinajstić information content (AvgIpc) is 3.32. The van der Waals surface area contributed by atoms with Gasteiger partial charge in [-0.3, -0.25) is 9.78 Å². The van der Waals surface area contributed by atoms with Crippen molar-refractivity contribution >= 4 is 32.5 Å². The number of sulfonamides is 1. The van der Waals surface area contributed by atoms with Crippen LogP contribution in [-0.2, 0) is 19.5 Å². The fraction of sp³-hybridized carbons (Fsp3) is 0.565. The second-order valence-corrected chi connectivity index (χ2v) is 11.2. The van der Waals surface area contributed by atoms with Gasteiger partial charge in [-0.25, -0.2) is 17.2 Å². The molecule has 1 spiro atoms. The molecule has 9 nitrogen and oxygen atoms in total. The fourth-order valence-electron chi connectivity index (χ4n) is 5.05. The van der Waals surface area contributed by atoms with Crippen LogP contribution in [0, 0.1) is 11.6 Å². The molecule has 0 saturated carbocycles. The van der Waals surface area contributed by atoms with Gasteiger partial charge in [-0.1, -0.05) is 0 Å². The summed E-state index contributed by atoms with van der Waals surface area (Å²) in [6.07, 6.45) is 2.54. The lowest BCUT2D eigenvalue weighted by Gasteiger charge is -2.40. The van der Waals surface area contributed by atoms with Gasteiger partial charge in [0.2, 0.25) is 10.0 Å². The first-order valence-electron chi connectivity index (χ1n) is 11.8. The molecule has 1 aromatic heterocycles. The number of rotatable bonds is 4.